The number of hydrogen-bond donors (Lipinski definition) is 1. The molecule has 0 radical (unpaired) electrons. The first kappa shape index (κ1) is 27.8. The summed E-state index contributed by atoms with van der Waals surface area (Å²) in [5, 5.41) is 4.45. The summed E-state index contributed by atoms with van der Waals surface area (Å²) in [6, 6.07) is 16.8. The summed E-state index contributed by atoms with van der Waals surface area (Å²) in [4.78, 5) is 16.0. The van der Waals surface area contributed by atoms with Gasteiger partial charge < -0.3 is 29.5 Å². The molecule has 0 aliphatic carbocycles. The van der Waals surface area contributed by atoms with Crippen LogP contribution < -0.4 is 24.6 Å². The van der Waals surface area contributed by atoms with Crippen LogP contribution in [-0.2, 0) is 0 Å². The van der Waals surface area contributed by atoms with Crippen molar-refractivity contribution in [2.24, 2.45) is 0 Å². The molecule has 1 N–H and O–H groups in total. The van der Waals surface area contributed by atoms with Crippen molar-refractivity contribution in [3.05, 3.63) is 78.8 Å². The Balaban J connectivity index is 1.28. The maximum atomic E-state index is 6.70. The molecule has 42 heavy (non-hydrogen) atoms. The number of nitrogens with one attached hydrogen (secondary N) is 1. The normalized spacial score (nSPS) is 18.3. The van der Waals surface area contributed by atoms with E-state index >= 15 is 0 Å². The molecule has 2 aliphatic rings. The highest BCUT2D eigenvalue weighted by molar-refractivity contribution is 6.00. The van der Waals surface area contributed by atoms with Gasteiger partial charge in [-0.05, 0) is 92.2 Å². The van der Waals surface area contributed by atoms with Crippen molar-refractivity contribution < 1.29 is 9.47 Å². The Morgan fingerprint density at radius 3 is 2.71 bits per heavy atom. The Bertz CT molecular complexity index is 1640. The standard InChI is InChI=1S/C34H40N6O2/c1-8-39(6)27-12-10-24(18-25(27)21(2)3)41-30-14-9-23(17-22(30)4)37-34-32-26(35-20-36-34)11-13-28-33(32)42-31-15-16-38(5)19-29(31)40(28)7/h8-14,17-18,20-21,29,31H,1,15-16,19H2,2-7H3,(H,35,36,37)/t29-,31+/m0/s1. The summed E-state index contributed by atoms with van der Waals surface area (Å²) in [5.41, 5.74) is 6.21. The number of anilines is 4. The van der Waals surface area contributed by atoms with Gasteiger partial charge in [-0.1, -0.05) is 20.4 Å². The number of likely N-dealkylation sites (tertiary alicyclic amines) is 1. The van der Waals surface area contributed by atoms with Crippen LogP contribution in [0, 0.1) is 6.92 Å². The highest BCUT2D eigenvalue weighted by Gasteiger charge is 2.38. The summed E-state index contributed by atoms with van der Waals surface area (Å²) < 4.78 is 13.1. The third-order valence-corrected chi connectivity index (χ3v) is 8.55. The van der Waals surface area contributed by atoms with Crippen LogP contribution in [0.3, 0.4) is 0 Å². The monoisotopic (exact) mass is 564 g/mol. The van der Waals surface area contributed by atoms with Gasteiger partial charge in [0.2, 0.25) is 0 Å². The number of nitrogens with zero attached hydrogens (tertiary/aromatic N) is 5. The molecule has 3 heterocycles. The van der Waals surface area contributed by atoms with Crippen LogP contribution in [0.5, 0.6) is 17.2 Å². The molecule has 1 fully saturated rings. The largest absolute Gasteiger partial charge is 0.485 e. The molecule has 218 valence electrons. The Kier molecular flexibility index (Phi) is 7.41. The first-order valence-corrected chi connectivity index (χ1v) is 14.6. The van der Waals surface area contributed by atoms with Crippen LogP contribution in [0.4, 0.5) is 22.9 Å². The number of fused-ring (bicyclic) bond motifs is 4. The molecule has 0 spiro atoms. The lowest BCUT2D eigenvalue weighted by Gasteiger charge is -2.46. The molecule has 0 amide bonds. The molecule has 6 rings (SSSR count). The second kappa shape index (κ2) is 11.2. The number of piperidine rings is 1. The van der Waals surface area contributed by atoms with E-state index in [0.29, 0.717) is 12.0 Å². The Hall–Kier alpha value is -4.30. The number of aromatic nitrogens is 2. The fourth-order valence-corrected chi connectivity index (χ4v) is 6.09. The van der Waals surface area contributed by atoms with E-state index in [4.69, 9.17) is 9.47 Å². The quantitative estimate of drug-likeness (QED) is 0.256. The predicted octanol–water partition coefficient (Wildman–Crippen LogP) is 7.08. The van der Waals surface area contributed by atoms with E-state index in [9.17, 15) is 0 Å². The van der Waals surface area contributed by atoms with Crippen molar-refractivity contribution in [2.45, 2.75) is 45.3 Å². The molecule has 2 aliphatic heterocycles. The van der Waals surface area contributed by atoms with Gasteiger partial charge in [-0.15, -0.1) is 0 Å². The number of ether oxygens (including phenoxy) is 2. The number of benzene rings is 3. The fraction of sp³-hybridized carbons (Fsp3) is 0.353. The van der Waals surface area contributed by atoms with Crippen LogP contribution >= 0.6 is 0 Å². The molecular weight excluding hydrogens is 524 g/mol. The summed E-state index contributed by atoms with van der Waals surface area (Å²) in [5.74, 6) is 3.55. The Morgan fingerprint density at radius 1 is 1.12 bits per heavy atom. The molecule has 1 aromatic heterocycles. The SMILES string of the molecule is C=CN(C)c1ccc(Oc2ccc(Nc3ncnc4ccc5c(c34)O[C@@H]3CCN(C)C[C@@H]3N5C)cc2C)cc1C(C)C. The van der Waals surface area contributed by atoms with E-state index in [-0.39, 0.29) is 6.10 Å². The van der Waals surface area contributed by atoms with E-state index < -0.39 is 0 Å². The van der Waals surface area contributed by atoms with Gasteiger partial charge in [-0.2, -0.15) is 0 Å². The smallest absolute Gasteiger partial charge is 0.156 e. The van der Waals surface area contributed by atoms with Gasteiger partial charge in [0.1, 0.15) is 29.7 Å². The zero-order chi connectivity index (χ0) is 29.5. The van der Waals surface area contributed by atoms with Crippen molar-refractivity contribution in [3.63, 3.8) is 0 Å². The van der Waals surface area contributed by atoms with Crippen LogP contribution in [0.2, 0.25) is 0 Å². The van der Waals surface area contributed by atoms with Crippen molar-refractivity contribution in [2.75, 3.05) is 49.3 Å². The molecule has 0 unspecified atom stereocenters. The molecular formula is C34H40N6O2. The number of hydrogen-bond acceptors (Lipinski definition) is 8. The molecule has 0 saturated carbocycles. The van der Waals surface area contributed by atoms with E-state index in [1.54, 1.807) is 6.33 Å². The topological polar surface area (TPSA) is 66.0 Å². The maximum absolute atomic E-state index is 6.70. The maximum Gasteiger partial charge on any atom is 0.156 e. The number of likely N-dealkylation sites (N-methyl/N-ethyl adjacent to an activating group) is 2. The third kappa shape index (κ3) is 5.11. The van der Waals surface area contributed by atoms with Gasteiger partial charge in [0.05, 0.1) is 22.6 Å². The van der Waals surface area contributed by atoms with Gasteiger partial charge in [0, 0.05) is 38.6 Å². The Morgan fingerprint density at radius 2 is 1.95 bits per heavy atom. The molecule has 1 saturated heterocycles. The van der Waals surface area contributed by atoms with Crippen molar-refractivity contribution >= 4 is 33.8 Å². The lowest BCUT2D eigenvalue weighted by Crippen LogP contribution is -2.57. The molecule has 8 nitrogen and oxygen atoms in total. The van der Waals surface area contributed by atoms with Gasteiger partial charge in [0.15, 0.2) is 5.75 Å². The van der Waals surface area contributed by atoms with Crippen LogP contribution in [0.15, 0.2) is 67.6 Å². The first-order valence-electron chi connectivity index (χ1n) is 14.6. The number of rotatable bonds is 7. The van der Waals surface area contributed by atoms with Crippen LogP contribution in [0.25, 0.3) is 10.9 Å². The van der Waals surface area contributed by atoms with Gasteiger partial charge in [-0.25, -0.2) is 9.97 Å². The second-order valence-electron chi connectivity index (χ2n) is 11.8. The zero-order valence-electron chi connectivity index (χ0n) is 25.4. The van der Waals surface area contributed by atoms with E-state index in [0.717, 1.165) is 76.1 Å². The van der Waals surface area contributed by atoms with Crippen LogP contribution in [-0.4, -0.2) is 61.2 Å². The predicted molar refractivity (Wildman–Crippen MR) is 172 cm³/mol. The van der Waals surface area contributed by atoms with Crippen molar-refractivity contribution in [3.8, 4) is 17.2 Å². The van der Waals surface area contributed by atoms with Gasteiger partial charge in [-0.3, -0.25) is 0 Å². The minimum Gasteiger partial charge on any atom is -0.485 e. The van der Waals surface area contributed by atoms with Crippen molar-refractivity contribution in [1.82, 2.24) is 14.9 Å². The Labute approximate surface area is 248 Å². The van der Waals surface area contributed by atoms with E-state index in [1.807, 2.05) is 36.3 Å². The van der Waals surface area contributed by atoms with Crippen molar-refractivity contribution in [1.29, 1.82) is 0 Å². The minimum absolute atomic E-state index is 0.137. The highest BCUT2D eigenvalue weighted by atomic mass is 16.5. The van der Waals surface area contributed by atoms with E-state index in [1.165, 1.54) is 5.56 Å². The second-order valence-corrected chi connectivity index (χ2v) is 11.8. The molecule has 0 bridgehead atoms. The first-order chi connectivity index (χ1) is 20.2. The van der Waals surface area contributed by atoms with Crippen LogP contribution in [0.1, 0.15) is 37.3 Å². The molecule has 3 aromatic carbocycles. The summed E-state index contributed by atoms with van der Waals surface area (Å²) >= 11 is 0. The molecule has 8 heteroatoms. The average Bonchev–Trinajstić information content (AvgIpc) is 2.98. The van der Waals surface area contributed by atoms with Gasteiger partial charge in [0.25, 0.3) is 0 Å². The fourth-order valence-electron chi connectivity index (χ4n) is 6.09. The average molecular weight is 565 g/mol. The van der Waals surface area contributed by atoms with Gasteiger partial charge >= 0.3 is 0 Å². The zero-order valence-corrected chi connectivity index (χ0v) is 25.4. The van der Waals surface area contributed by atoms with E-state index in [2.05, 4.69) is 96.9 Å². The highest BCUT2D eigenvalue weighted by Crippen LogP contribution is 2.45. The molecule has 4 aromatic rings. The lowest BCUT2D eigenvalue weighted by atomic mass is 9.97. The summed E-state index contributed by atoms with van der Waals surface area (Å²) in [7, 11) is 6.35. The summed E-state index contributed by atoms with van der Waals surface area (Å²) in [6.07, 6.45) is 4.56. The molecule has 2 atom stereocenters. The number of aryl methyl sites for hydroxylation is 1. The minimum atomic E-state index is 0.137. The third-order valence-electron chi connectivity index (χ3n) is 8.55. The summed E-state index contributed by atoms with van der Waals surface area (Å²) in [6.45, 7) is 12.4. The lowest BCUT2D eigenvalue weighted by molar-refractivity contribution is 0.0815.